The average Bonchev–Trinajstić information content (AvgIpc) is 3.10. The molecule has 1 aliphatic heterocycles. The number of aromatic nitrogens is 2. The van der Waals surface area contributed by atoms with Gasteiger partial charge in [-0.1, -0.05) is 42.8 Å². The van der Waals surface area contributed by atoms with Crippen LogP contribution in [0.5, 0.6) is 0 Å². The lowest BCUT2D eigenvalue weighted by atomic mass is 9.91. The monoisotopic (exact) mass is 396 g/mol. The zero-order valence-electron chi connectivity index (χ0n) is 16.2. The van der Waals surface area contributed by atoms with Crippen LogP contribution in [0, 0.1) is 0 Å². The molecule has 1 fully saturated rings. The summed E-state index contributed by atoms with van der Waals surface area (Å²) < 4.78 is 7.31. The first-order valence-electron chi connectivity index (χ1n) is 10.0. The van der Waals surface area contributed by atoms with Crippen molar-refractivity contribution in [3.8, 4) is 0 Å². The minimum Gasteiger partial charge on any atom is -0.381 e. The summed E-state index contributed by atoms with van der Waals surface area (Å²) in [6, 6.07) is 12.3. The van der Waals surface area contributed by atoms with Gasteiger partial charge in [0, 0.05) is 36.9 Å². The van der Waals surface area contributed by atoms with Gasteiger partial charge in [0.25, 0.3) is 0 Å². The first kappa shape index (κ1) is 19.2. The van der Waals surface area contributed by atoms with Crippen LogP contribution in [0.2, 0.25) is 5.02 Å². The van der Waals surface area contributed by atoms with Crippen molar-refractivity contribution in [1.82, 2.24) is 9.38 Å². The van der Waals surface area contributed by atoms with Crippen molar-refractivity contribution < 1.29 is 9.53 Å². The van der Waals surface area contributed by atoms with Crippen LogP contribution >= 0.6 is 11.6 Å². The van der Waals surface area contributed by atoms with Gasteiger partial charge in [-0.25, -0.2) is 4.98 Å². The molecule has 0 atom stereocenters. The van der Waals surface area contributed by atoms with Crippen molar-refractivity contribution in [3.63, 3.8) is 0 Å². The van der Waals surface area contributed by atoms with E-state index in [4.69, 9.17) is 16.3 Å². The highest BCUT2D eigenvalue weighted by Gasteiger charge is 2.19. The van der Waals surface area contributed by atoms with Crippen molar-refractivity contribution in [2.24, 2.45) is 0 Å². The van der Waals surface area contributed by atoms with Crippen LogP contribution in [-0.2, 0) is 17.6 Å². The van der Waals surface area contributed by atoms with Crippen molar-refractivity contribution in [2.45, 2.75) is 44.9 Å². The summed E-state index contributed by atoms with van der Waals surface area (Å²) in [6.07, 6.45) is 5.95. The number of fused-ring (bicyclic) bond motifs is 1. The number of hydrogen-bond acceptors (Lipinski definition) is 3. The SMILES string of the molecule is CCc1nc2cc(Cl)ccn2c1C(=O)CCc1ccc(C2CCOCC2)cc1. The molecule has 0 unspecified atom stereocenters. The molecule has 0 amide bonds. The molecule has 1 aliphatic rings. The second kappa shape index (κ2) is 8.46. The summed E-state index contributed by atoms with van der Waals surface area (Å²) in [7, 11) is 0. The maximum absolute atomic E-state index is 13.0. The molecule has 4 nitrogen and oxygen atoms in total. The Balaban J connectivity index is 1.46. The summed E-state index contributed by atoms with van der Waals surface area (Å²) in [5.74, 6) is 0.724. The number of ether oxygens (including phenoxy) is 1. The number of hydrogen-bond donors (Lipinski definition) is 0. The van der Waals surface area contributed by atoms with E-state index in [0.29, 0.717) is 23.1 Å². The maximum Gasteiger partial charge on any atom is 0.181 e. The normalized spacial score (nSPS) is 15.2. The number of Topliss-reactive ketones (excluding diaryl/α,β-unsaturated/α-hetero) is 1. The van der Waals surface area contributed by atoms with E-state index in [1.54, 1.807) is 12.1 Å². The molecular weight excluding hydrogens is 372 g/mol. The van der Waals surface area contributed by atoms with Gasteiger partial charge in [-0.15, -0.1) is 0 Å². The Morgan fingerprint density at radius 1 is 1.21 bits per heavy atom. The maximum atomic E-state index is 13.0. The predicted octanol–water partition coefficient (Wildman–Crippen LogP) is 5.26. The fraction of sp³-hybridized carbons (Fsp3) is 0.391. The Kier molecular flexibility index (Phi) is 5.79. The Bertz CT molecular complexity index is 972. The number of benzene rings is 1. The molecule has 1 saturated heterocycles. The van der Waals surface area contributed by atoms with Gasteiger partial charge >= 0.3 is 0 Å². The van der Waals surface area contributed by atoms with Crippen LogP contribution in [0.1, 0.15) is 59.4 Å². The van der Waals surface area contributed by atoms with Crippen molar-refractivity contribution in [1.29, 1.82) is 0 Å². The van der Waals surface area contributed by atoms with E-state index in [-0.39, 0.29) is 5.78 Å². The Hall–Kier alpha value is -2.17. The van der Waals surface area contributed by atoms with E-state index in [2.05, 4.69) is 29.2 Å². The number of carbonyl (C=O) groups is 1. The Morgan fingerprint density at radius 2 is 1.96 bits per heavy atom. The van der Waals surface area contributed by atoms with Crippen LogP contribution < -0.4 is 0 Å². The summed E-state index contributed by atoms with van der Waals surface area (Å²) in [4.78, 5) is 17.5. The summed E-state index contributed by atoms with van der Waals surface area (Å²) in [6.45, 7) is 3.73. The number of pyridine rings is 1. The zero-order valence-corrected chi connectivity index (χ0v) is 16.9. The standard InChI is InChI=1S/C23H25ClN2O2/c1-2-20-23(26-12-9-19(24)15-22(26)25-20)21(27)8-5-16-3-6-17(7-4-16)18-10-13-28-14-11-18/h3-4,6-7,9,12,15,18H,2,5,8,10-11,13-14H2,1H3. The lowest BCUT2D eigenvalue weighted by Gasteiger charge is -2.22. The third-order valence-corrected chi connectivity index (χ3v) is 5.81. The van der Waals surface area contributed by atoms with Crippen LogP contribution in [-0.4, -0.2) is 28.4 Å². The van der Waals surface area contributed by atoms with E-state index in [9.17, 15) is 4.79 Å². The van der Waals surface area contributed by atoms with Gasteiger partial charge in [0.2, 0.25) is 0 Å². The number of ketones is 1. The fourth-order valence-corrected chi connectivity index (χ4v) is 4.13. The van der Waals surface area contributed by atoms with Crippen LogP contribution in [0.3, 0.4) is 0 Å². The highest BCUT2D eigenvalue weighted by Crippen LogP contribution is 2.27. The van der Waals surface area contributed by atoms with E-state index in [0.717, 1.165) is 50.2 Å². The van der Waals surface area contributed by atoms with Gasteiger partial charge in [0.1, 0.15) is 11.3 Å². The topological polar surface area (TPSA) is 43.6 Å². The molecule has 1 aromatic carbocycles. The second-order valence-corrected chi connectivity index (χ2v) is 7.82. The lowest BCUT2D eigenvalue weighted by Crippen LogP contribution is -2.14. The third kappa shape index (κ3) is 3.98. The number of halogens is 1. The molecule has 0 spiro atoms. The Morgan fingerprint density at radius 3 is 2.68 bits per heavy atom. The van der Waals surface area contributed by atoms with Crippen molar-refractivity contribution >= 4 is 23.0 Å². The molecule has 0 bridgehead atoms. The van der Waals surface area contributed by atoms with E-state index >= 15 is 0 Å². The second-order valence-electron chi connectivity index (χ2n) is 7.39. The molecular formula is C23H25ClN2O2. The molecule has 3 aromatic rings. The van der Waals surface area contributed by atoms with Gasteiger partial charge in [-0.05, 0) is 48.8 Å². The lowest BCUT2D eigenvalue weighted by molar-refractivity contribution is 0.0853. The zero-order chi connectivity index (χ0) is 19.5. The van der Waals surface area contributed by atoms with Gasteiger partial charge in [0.05, 0.1) is 5.69 Å². The molecule has 146 valence electrons. The number of nitrogens with zero attached hydrogens (tertiary/aromatic N) is 2. The molecule has 0 aliphatic carbocycles. The largest absolute Gasteiger partial charge is 0.381 e. The van der Waals surface area contributed by atoms with Crippen LogP contribution in [0.15, 0.2) is 42.6 Å². The number of rotatable bonds is 6. The quantitative estimate of drug-likeness (QED) is 0.534. The predicted molar refractivity (Wildman–Crippen MR) is 111 cm³/mol. The van der Waals surface area contributed by atoms with Gasteiger partial charge < -0.3 is 4.74 Å². The molecule has 28 heavy (non-hydrogen) atoms. The number of carbonyl (C=O) groups excluding carboxylic acids is 1. The number of imidazole rings is 1. The summed E-state index contributed by atoms with van der Waals surface area (Å²) in [5, 5.41) is 0.628. The highest BCUT2D eigenvalue weighted by atomic mass is 35.5. The molecule has 0 N–H and O–H groups in total. The molecule has 4 rings (SSSR count). The average molecular weight is 397 g/mol. The first-order chi connectivity index (χ1) is 13.7. The number of aryl methyl sites for hydroxylation is 2. The summed E-state index contributed by atoms with van der Waals surface area (Å²) >= 11 is 6.07. The first-order valence-corrected chi connectivity index (χ1v) is 10.4. The molecule has 3 heterocycles. The van der Waals surface area contributed by atoms with Gasteiger partial charge in [-0.3, -0.25) is 9.20 Å². The molecule has 5 heteroatoms. The van der Waals surface area contributed by atoms with Gasteiger partial charge in [-0.2, -0.15) is 0 Å². The van der Waals surface area contributed by atoms with Crippen LogP contribution in [0.25, 0.3) is 5.65 Å². The smallest absolute Gasteiger partial charge is 0.181 e. The van der Waals surface area contributed by atoms with Gasteiger partial charge in [0.15, 0.2) is 5.78 Å². The van der Waals surface area contributed by atoms with Crippen molar-refractivity contribution in [2.75, 3.05) is 13.2 Å². The third-order valence-electron chi connectivity index (χ3n) is 5.57. The minimum absolute atomic E-state index is 0.125. The fourth-order valence-electron chi connectivity index (χ4n) is 3.97. The Labute approximate surface area is 170 Å². The molecule has 0 radical (unpaired) electrons. The minimum atomic E-state index is 0.125. The van der Waals surface area contributed by atoms with E-state index in [1.165, 1.54) is 11.1 Å². The van der Waals surface area contributed by atoms with E-state index < -0.39 is 0 Å². The van der Waals surface area contributed by atoms with Crippen molar-refractivity contribution in [3.05, 3.63) is 70.1 Å². The molecule has 0 saturated carbocycles. The van der Waals surface area contributed by atoms with Crippen LogP contribution in [0.4, 0.5) is 0 Å². The highest BCUT2D eigenvalue weighted by molar-refractivity contribution is 6.30. The summed E-state index contributed by atoms with van der Waals surface area (Å²) in [5.41, 5.74) is 4.83. The molecule has 2 aromatic heterocycles. The van der Waals surface area contributed by atoms with E-state index in [1.807, 2.05) is 17.5 Å².